The van der Waals surface area contributed by atoms with Crippen molar-refractivity contribution >= 4 is 34.6 Å². The number of amides is 1. The number of hydrogen-bond acceptors (Lipinski definition) is 8. The van der Waals surface area contributed by atoms with Crippen LogP contribution in [0.5, 0.6) is 0 Å². The van der Waals surface area contributed by atoms with Gasteiger partial charge < -0.3 is 4.57 Å². The maximum Gasteiger partial charge on any atom is 0.439 e. The summed E-state index contributed by atoms with van der Waals surface area (Å²) < 4.78 is 6.83. The Morgan fingerprint density at radius 3 is 2.65 bits per heavy atom. The highest BCUT2D eigenvalue weighted by molar-refractivity contribution is 6.30. The predicted molar refractivity (Wildman–Crippen MR) is 152 cm³/mol. The van der Waals surface area contributed by atoms with Gasteiger partial charge in [-0.15, -0.1) is 0 Å². The Balaban J connectivity index is 1.55. The fourth-order valence-electron chi connectivity index (χ4n) is 6.04. The Bertz CT molecular complexity index is 1600. The molecule has 210 valence electrons. The van der Waals surface area contributed by atoms with Gasteiger partial charge in [-0.3, -0.25) is 24.1 Å². The summed E-state index contributed by atoms with van der Waals surface area (Å²) in [5.74, 6) is 1.25. The summed E-state index contributed by atoms with van der Waals surface area (Å²) in [5.41, 5.74) is 2.47. The summed E-state index contributed by atoms with van der Waals surface area (Å²) >= 11 is 6.40. The highest BCUT2D eigenvalue weighted by Crippen LogP contribution is 2.36. The van der Waals surface area contributed by atoms with Crippen molar-refractivity contribution in [3.8, 4) is 22.9 Å². The molecule has 1 amide bonds. The summed E-state index contributed by atoms with van der Waals surface area (Å²) in [6.07, 6.45) is 6.37. The van der Waals surface area contributed by atoms with E-state index >= 15 is 0 Å². The molecule has 1 aliphatic heterocycles. The van der Waals surface area contributed by atoms with E-state index in [1.54, 1.807) is 18.0 Å². The molecule has 1 saturated heterocycles. The van der Waals surface area contributed by atoms with E-state index in [1.807, 2.05) is 25.2 Å². The molecule has 1 aliphatic carbocycles. The Morgan fingerprint density at radius 2 is 1.98 bits per heavy atom. The Kier molecular flexibility index (Phi) is 7.18. The van der Waals surface area contributed by atoms with E-state index in [9.17, 15) is 9.59 Å². The van der Waals surface area contributed by atoms with Gasteiger partial charge in [0.1, 0.15) is 11.2 Å². The van der Waals surface area contributed by atoms with Gasteiger partial charge in [0.05, 0.1) is 6.04 Å². The number of fused-ring (bicyclic) bond motifs is 1. The van der Waals surface area contributed by atoms with Gasteiger partial charge in [0.15, 0.2) is 5.65 Å². The quantitative estimate of drug-likeness (QED) is 0.366. The Hall–Kier alpha value is -3.57. The number of carbonyl (C=O) groups is 1. The highest BCUT2D eigenvalue weighted by Gasteiger charge is 2.34. The first-order chi connectivity index (χ1) is 19.3. The van der Waals surface area contributed by atoms with Crippen LogP contribution in [0.25, 0.3) is 34.1 Å². The molecule has 6 rings (SSSR count). The van der Waals surface area contributed by atoms with Crippen molar-refractivity contribution in [3.05, 3.63) is 39.8 Å². The lowest BCUT2D eigenvalue weighted by Gasteiger charge is -2.29. The normalized spacial score (nSPS) is 21.8. The molecule has 4 heterocycles. The van der Waals surface area contributed by atoms with Gasteiger partial charge >= 0.3 is 5.76 Å². The van der Waals surface area contributed by atoms with E-state index in [0.717, 1.165) is 43.7 Å². The van der Waals surface area contributed by atoms with Crippen LogP contribution in [-0.4, -0.2) is 67.1 Å². The van der Waals surface area contributed by atoms with E-state index < -0.39 is 5.76 Å². The molecule has 2 fully saturated rings. The monoisotopic (exact) mass is 564 g/mol. The van der Waals surface area contributed by atoms with Crippen molar-refractivity contribution < 1.29 is 9.32 Å². The second-order valence-corrected chi connectivity index (χ2v) is 11.6. The summed E-state index contributed by atoms with van der Waals surface area (Å²) in [6.45, 7) is 3.89. The van der Waals surface area contributed by atoms with Gasteiger partial charge in [-0.25, -0.2) is 14.8 Å². The number of likely N-dealkylation sites (N-methyl/N-ethyl adjacent to an activating group) is 2. The van der Waals surface area contributed by atoms with Crippen LogP contribution in [0.2, 0.25) is 5.02 Å². The smallest absolute Gasteiger partial charge is 0.306 e. The van der Waals surface area contributed by atoms with E-state index in [0.29, 0.717) is 40.3 Å². The predicted octanol–water partition coefficient (Wildman–Crippen LogP) is 4.37. The van der Waals surface area contributed by atoms with Crippen LogP contribution in [-0.2, 0) is 11.3 Å². The van der Waals surface area contributed by atoms with Crippen LogP contribution in [0.4, 0.5) is 5.95 Å². The zero-order valence-electron chi connectivity index (χ0n) is 22.9. The summed E-state index contributed by atoms with van der Waals surface area (Å²) in [6, 6.07) is 7.22. The topological polar surface area (TPSA) is 126 Å². The highest BCUT2D eigenvalue weighted by atomic mass is 35.5. The van der Waals surface area contributed by atoms with Gasteiger partial charge in [-0.2, -0.15) is 4.98 Å². The molecule has 4 aromatic rings. The first kappa shape index (κ1) is 26.6. The molecule has 1 atom stereocenters. The van der Waals surface area contributed by atoms with E-state index in [4.69, 9.17) is 31.1 Å². The average Bonchev–Trinajstić information content (AvgIpc) is 3.67. The molecular formula is C28H33ClN8O3. The maximum absolute atomic E-state index is 13.7. The zero-order valence-corrected chi connectivity index (χ0v) is 23.7. The summed E-state index contributed by atoms with van der Waals surface area (Å²) in [7, 11) is 3.78. The first-order valence-corrected chi connectivity index (χ1v) is 14.2. The molecule has 3 aromatic heterocycles. The zero-order chi connectivity index (χ0) is 28.0. The molecule has 0 spiro atoms. The van der Waals surface area contributed by atoms with E-state index in [1.165, 1.54) is 12.8 Å². The minimum atomic E-state index is -0.702. The van der Waals surface area contributed by atoms with Crippen molar-refractivity contribution in [1.29, 1.82) is 0 Å². The third-order valence-electron chi connectivity index (χ3n) is 8.35. The largest absolute Gasteiger partial charge is 0.439 e. The van der Waals surface area contributed by atoms with Gasteiger partial charge in [0.25, 0.3) is 0 Å². The van der Waals surface area contributed by atoms with Crippen LogP contribution in [0.15, 0.2) is 33.6 Å². The summed E-state index contributed by atoms with van der Waals surface area (Å²) in [4.78, 5) is 46.2. The lowest BCUT2D eigenvalue weighted by atomic mass is 9.83. The number of halogens is 1. The number of nitrogens with one attached hydrogen (secondary N) is 1. The van der Waals surface area contributed by atoms with Crippen molar-refractivity contribution in [2.45, 2.75) is 58.0 Å². The average molecular weight is 565 g/mol. The molecule has 0 unspecified atom stereocenters. The van der Waals surface area contributed by atoms with E-state index in [-0.39, 0.29) is 23.6 Å². The van der Waals surface area contributed by atoms with Crippen molar-refractivity contribution in [3.63, 3.8) is 0 Å². The number of aromatic amines is 1. The van der Waals surface area contributed by atoms with Crippen LogP contribution >= 0.6 is 11.6 Å². The molecule has 11 nitrogen and oxygen atoms in total. The third-order valence-corrected chi connectivity index (χ3v) is 8.58. The lowest BCUT2D eigenvalue weighted by Crippen LogP contribution is -2.43. The molecule has 1 saturated carbocycles. The minimum Gasteiger partial charge on any atom is -0.306 e. The number of aromatic nitrogens is 6. The number of hydrogen-bond donors (Lipinski definition) is 1. The number of likely N-dealkylation sites (tertiary alicyclic amines) is 1. The fraction of sp³-hybridized carbons (Fsp3) is 0.500. The second kappa shape index (κ2) is 10.8. The van der Waals surface area contributed by atoms with Crippen molar-refractivity contribution in [2.75, 3.05) is 25.5 Å². The number of rotatable bonds is 6. The molecule has 40 heavy (non-hydrogen) atoms. The van der Waals surface area contributed by atoms with Crippen molar-refractivity contribution in [2.24, 2.45) is 11.8 Å². The maximum atomic E-state index is 13.7. The second-order valence-electron chi connectivity index (χ2n) is 11.2. The molecule has 0 radical (unpaired) electrons. The molecule has 12 heteroatoms. The van der Waals surface area contributed by atoms with Gasteiger partial charge in [-0.05, 0) is 63.2 Å². The van der Waals surface area contributed by atoms with Gasteiger partial charge in [-0.1, -0.05) is 48.7 Å². The Labute approximate surface area is 236 Å². The van der Waals surface area contributed by atoms with Gasteiger partial charge in [0, 0.05) is 24.2 Å². The van der Waals surface area contributed by atoms with E-state index in [2.05, 4.69) is 26.5 Å². The first-order valence-electron chi connectivity index (χ1n) is 13.9. The summed E-state index contributed by atoms with van der Waals surface area (Å²) in [5, 5.41) is 4.36. The fourth-order valence-corrected chi connectivity index (χ4v) is 6.23. The Morgan fingerprint density at radius 1 is 1.18 bits per heavy atom. The SMILES string of the molecule is CN(C(=O)[C@@H]1CCCN1C)c1nc2nc(-c3noc(=O)[nH]3)nc(-c3cccc(Cl)c3)c2n1C[C@H]1CC[C@H](C)CC1. The number of H-pyrrole nitrogens is 1. The molecule has 0 bridgehead atoms. The minimum absolute atomic E-state index is 0.00661. The van der Waals surface area contributed by atoms with Crippen LogP contribution in [0, 0.1) is 11.8 Å². The van der Waals surface area contributed by atoms with Crippen molar-refractivity contribution in [1.82, 2.24) is 34.6 Å². The number of imidazole rings is 1. The number of nitrogens with zero attached hydrogens (tertiary/aromatic N) is 7. The van der Waals surface area contributed by atoms with Gasteiger partial charge in [0.2, 0.25) is 23.5 Å². The molecule has 1 aromatic carbocycles. The lowest BCUT2D eigenvalue weighted by molar-refractivity contribution is -0.122. The molecule has 2 aliphatic rings. The molecular weight excluding hydrogens is 532 g/mol. The molecule has 1 N–H and O–H groups in total. The van der Waals surface area contributed by atoms with Crippen LogP contribution < -0.4 is 10.7 Å². The number of benzene rings is 1. The third kappa shape index (κ3) is 5.03. The number of carbonyl (C=O) groups excluding carboxylic acids is 1. The van der Waals surface area contributed by atoms with Crippen LogP contribution in [0.3, 0.4) is 0 Å². The standard InChI is InChI=1S/C28H33ClN8O3/c1-16-9-11-17(12-10-16)15-37-22-21(18-6-4-7-19(29)14-18)30-24(25-33-28(39)40-34-25)31-23(22)32-27(37)36(3)26(38)20-8-5-13-35(20)2/h4,6-7,14,16-17,20H,5,8-13,15H2,1-3H3,(H,33,34,39)/t16-,17-,20-/m0/s1. The number of anilines is 1. The van der Waals surface area contributed by atoms with Crippen LogP contribution in [0.1, 0.15) is 45.4 Å².